The van der Waals surface area contributed by atoms with Gasteiger partial charge in [0.05, 0.1) is 0 Å². The maximum absolute atomic E-state index is 13.1. The van der Waals surface area contributed by atoms with Crippen LogP contribution < -0.4 is 9.64 Å². The highest BCUT2D eigenvalue weighted by molar-refractivity contribution is 5.86. The second kappa shape index (κ2) is 7.73. The Morgan fingerprint density at radius 2 is 1.65 bits per heavy atom. The molecule has 0 aliphatic carbocycles. The SMILES string of the molecule is Fc1ccc(COc2cccc3ccc(N4CCCCCC4)nc23)cc1. The van der Waals surface area contributed by atoms with Gasteiger partial charge in [0.15, 0.2) is 0 Å². The molecule has 3 nitrogen and oxygen atoms in total. The number of rotatable bonds is 4. The third-order valence-corrected chi connectivity index (χ3v) is 4.91. The van der Waals surface area contributed by atoms with E-state index in [4.69, 9.17) is 9.72 Å². The summed E-state index contributed by atoms with van der Waals surface area (Å²) in [5.74, 6) is 1.56. The predicted molar refractivity (Wildman–Crippen MR) is 103 cm³/mol. The summed E-state index contributed by atoms with van der Waals surface area (Å²) >= 11 is 0. The van der Waals surface area contributed by atoms with Gasteiger partial charge in [0, 0.05) is 18.5 Å². The number of fused-ring (bicyclic) bond motifs is 1. The van der Waals surface area contributed by atoms with Crippen molar-refractivity contribution in [2.24, 2.45) is 0 Å². The van der Waals surface area contributed by atoms with Crippen LogP contribution in [0.5, 0.6) is 5.75 Å². The second-order valence-electron chi connectivity index (χ2n) is 6.81. The molecule has 2 heterocycles. The molecule has 134 valence electrons. The van der Waals surface area contributed by atoms with E-state index in [0.29, 0.717) is 6.61 Å². The third kappa shape index (κ3) is 3.79. The van der Waals surface area contributed by atoms with Gasteiger partial charge in [0.1, 0.15) is 29.5 Å². The zero-order valence-electron chi connectivity index (χ0n) is 14.8. The Balaban J connectivity index is 1.59. The van der Waals surface area contributed by atoms with Crippen LogP contribution in [0.4, 0.5) is 10.2 Å². The molecular weight excluding hydrogens is 327 g/mol. The van der Waals surface area contributed by atoms with Crippen LogP contribution in [0.1, 0.15) is 31.2 Å². The van der Waals surface area contributed by atoms with Crippen molar-refractivity contribution in [3.63, 3.8) is 0 Å². The number of aromatic nitrogens is 1. The summed E-state index contributed by atoms with van der Waals surface area (Å²) in [7, 11) is 0. The summed E-state index contributed by atoms with van der Waals surface area (Å²) in [6, 6.07) is 16.6. The average Bonchev–Trinajstić information content (AvgIpc) is 2.97. The number of ether oxygens (including phenoxy) is 1. The summed E-state index contributed by atoms with van der Waals surface area (Å²) in [4.78, 5) is 7.29. The number of benzene rings is 2. The van der Waals surface area contributed by atoms with E-state index in [1.807, 2.05) is 12.1 Å². The lowest BCUT2D eigenvalue weighted by Crippen LogP contribution is -2.24. The van der Waals surface area contributed by atoms with E-state index in [0.717, 1.165) is 41.1 Å². The first-order valence-corrected chi connectivity index (χ1v) is 9.31. The Labute approximate surface area is 153 Å². The molecule has 0 unspecified atom stereocenters. The molecule has 1 aromatic heterocycles. The maximum Gasteiger partial charge on any atom is 0.146 e. The number of halogens is 1. The van der Waals surface area contributed by atoms with Gasteiger partial charge >= 0.3 is 0 Å². The quantitative estimate of drug-likeness (QED) is 0.636. The predicted octanol–water partition coefficient (Wildman–Crippen LogP) is 5.33. The standard InChI is InChI=1S/C22H23FN2O/c23-19-11-8-17(9-12-19)16-26-20-7-5-6-18-10-13-21(24-22(18)20)25-14-3-1-2-4-15-25/h5-13H,1-4,14-16H2. The van der Waals surface area contributed by atoms with Gasteiger partial charge < -0.3 is 9.64 Å². The van der Waals surface area contributed by atoms with E-state index in [2.05, 4.69) is 23.1 Å². The summed E-state index contributed by atoms with van der Waals surface area (Å²) < 4.78 is 19.1. The van der Waals surface area contributed by atoms with Crippen molar-refractivity contribution in [3.05, 3.63) is 66.0 Å². The van der Waals surface area contributed by atoms with Gasteiger partial charge in [-0.15, -0.1) is 0 Å². The zero-order valence-corrected chi connectivity index (χ0v) is 14.8. The van der Waals surface area contributed by atoms with E-state index < -0.39 is 0 Å². The summed E-state index contributed by atoms with van der Waals surface area (Å²) in [6.07, 6.45) is 5.05. The molecule has 26 heavy (non-hydrogen) atoms. The van der Waals surface area contributed by atoms with Crippen LogP contribution in [-0.2, 0) is 6.61 Å². The molecular formula is C22H23FN2O. The largest absolute Gasteiger partial charge is 0.487 e. The van der Waals surface area contributed by atoms with Gasteiger partial charge in [-0.2, -0.15) is 0 Å². The minimum atomic E-state index is -0.234. The molecule has 1 aliphatic rings. The molecule has 4 heteroatoms. The Bertz CT molecular complexity index is 871. The molecule has 1 fully saturated rings. The number of pyridine rings is 1. The summed E-state index contributed by atoms with van der Waals surface area (Å²) in [5, 5.41) is 1.07. The summed E-state index contributed by atoms with van der Waals surface area (Å²) in [5.41, 5.74) is 1.82. The smallest absolute Gasteiger partial charge is 0.146 e. The van der Waals surface area contributed by atoms with Crippen molar-refractivity contribution in [2.75, 3.05) is 18.0 Å². The molecule has 3 aromatic rings. The van der Waals surface area contributed by atoms with Crippen LogP contribution in [0.25, 0.3) is 10.9 Å². The van der Waals surface area contributed by atoms with Crippen molar-refractivity contribution in [2.45, 2.75) is 32.3 Å². The van der Waals surface area contributed by atoms with Crippen molar-refractivity contribution < 1.29 is 9.13 Å². The van der Waals surface area contributed by atoms with Gasteiger partial charge in [0.25, 0.3) is 0 Å². The molecule has 0 N–H and O–H groups in total. The van der Waals surface area contributed by atoms with Crippen LogP contribution >= 0.6 is 0 Å². The molecule has 0 bridgehead atoms. The molecule has 0 saturated carbocycles. The molecule has 0 atom stereocenters. The Kier molecular flexibility index (Phi) is 5.00. The van der Waals surface area contributed by atoms with E-state index in [9.17, 15) is 4.39 Å². The zero-order chi connectivity index (χ0) is 17.8. The lowest BCUT2D eigenvalue weighted by atomic mass is 10.2. The number of hydrogen-bond donors (Lipinski definition) is 0. The molecule has 4 rings (SSSR count). The highest BCUT2D eigenvalue weighted by Gasteiger charge is 2.13. The molecule has 2 aromatic carbocycles. The summed E-state index contributed by atoms with van der Waals surface area (Å²) in [6.45, 7) is 2.53. The van der Waals surface area contributed by atoms with E-state index in [1.165, 1.54) is 37.8 Å². The Morgan fingerprint density at radius 1 is 0.885 bits per heavy atom. The van der Waals surface area contributed by atoms with Crippen LogP contribution in [-0.4, -0.2) is 18.1 Å². The normalized spacial score (nSPS) is 15.0. The monoisotopic (exact) mass is 350 g/mol. The molecule has 0 amide bonds. The Morgan fingerprint density at radius 3 is 2.42 bits per heavy atom. The first-order valence-electron chi connectivity index (χ1n) is 9.31. The molecule has 0 spiro atoms. The second-order valence-corrected chi connectivity index (χ2v) is 6.81. The van der Waals surface area contributed by atoms with E-state index in [-0.39, 0.29) is 5.82 Å². The first kappa shape index (κ1) is 16.8. The highest BCUT2D eigenvalue weighted by Crippen LogP contribution is 2.28. The van der Waals surface area contributed by atoms with Crippen molar-refractivity contribution in [1.29, 1.82) is 0 Å². The average molecular weight is 350 g/mol. The lowest BCUT2D eigenvalue weighted by Gasteiger charge is -2.22. The van der Waals surface area contributed by atoms with Crippen molar-refractivity contribution in [1.82, 2.24) is 4.98 Å². The fourth-order valence-corrected chi connectivity index (χ4v) is 3.44. The number of para-hydroxylation sites is 1. The molecule has 0 radical (unpaired) electrons. The van der Waals surface area contributed by atoms with Crippen LogP contribution in [0.15, 0.2) is 54.6 Å². The van der Waals surface area contributed by atoms with Crippen LogP contribution in [0, 0.1) is 5.82 Å². The van der Waals surface area contributed by atoms with Gasteiger partial charge in [0.2, 0.25) is 0 Å². The van der Waals surface area contributed by atoms with Crippen molar-refractivity contribution in [3.8, 4) is 5.75 Å². The molecule has 1 saturated heterocycles. The van der Waals surface area contributed by atoms with Crippen LogP contribution in [0.3, 0.4) is 0 Å². The fourth-order valence-electron chi connectivity index (χ4n) is 3.44. The van der Waals surface area contributed by atoms with Gasteiger partial charge in [-0.1, -0.05) is 37.1 Å². The van der Waals surface area contributed by atoms with Gasteiger partial charge in [-0.05, 0) is 48.7 Å². The van der Waals surface area contributed by atoms with Crippen LogP contribution in [0.2, 0.25) is 0 Å². The minimum Gasteiger partial charge on any atom is -0.487 e. The van der Waals surface area contributed by atoms with Crippen molar-refractivity contribution >= 4 is 16.7 Å². The van der Waals surface area contributed by atoms with Gasteiger partial charge in [-0.25, -0.2) is 9.37 Å². The minimum absolute atomic E-state index is 0.234. The Hall–Kier alpha value is -2.62. The highest BCUT2D eigenvalue weighted by atomic mass is 19.1. The molecule has 1 aliphatic heterocycles. The maximum atomic E-state index is 13.1. The first-order chi connectivity index (χ1) is 12.8. The fraction of sp³-hybridized carbons (Fsp3) is 0.318. The third-order valence-electron chi connectivity index (χ3n) is 4.91. The lowest BCUT2D eigenvalue weighted by molar-refractivity contribution is 0.309. The van der Waals surface area contributed by atoms with Gasteiger partial charge in [-0.3, -0.25) is 0 Å². The van der Waals surface area contributed by atoms with E-state index in [1.54, 1.807) is 12.1 Å². The number of anilines is 1. The number of nitrogens with zero attached hydrogens (tertiary/aromatic N) is 2. The number of hydrogen-bond acceptors (Lipinski definition) is 3. The topological polar surface area (TPSA) is 25.4 Å². The van der Waals surface area contributed by atoms with E-state index >= 15 is 0 Å².